The van der Waals surface area contributed by atoms with Crippen molar-refractivity contribution in [3.63, 3.8) is 0 Å². The zero-order valence-electron chi connectivity index (χ0n) is 22.5. The smallest absolute Gasteiger partial charge is 0.264 e. The highest BCUT2D eigenvalue weighted by Gasteiger charge is 2.34. The van der Waals surface area contributed by atoms with E-state index in [0.29, 0.717) is 18.0 Å². The molecular formula is C29H32Cl3N3O4S. The summed E-state index contributed by atoms with van der Waals surface area (Å²) in [7, 11) is -4.22. The van der Waals surface area contributed by atoms with Crippen LogP contribution in [0.5, 0.6) is 0 Å². The summed E-state index contributed by atoms with van der Waals surface area (Å²) in [6.07, 6.45) is 0.317. The van der Waals surface area contributed by atoms with Crippen molar-refractivity contribution in [2.75, 3.05) is 17.4 Å². The molecule has 0 aliphatic heterocycles. The number of nitrogens with one attached hydrogen (secondary N) is 1. The van der Waals surface area contributed by atoms with Crippen molar-refractivity contribution in [1.82, 2.24) is 10.2 Å². The summed E-state index contributed by atoms with van der Waals surface area (Å²) >= 11 is 18.5. The van der Waals surface area contributed by atoms with Crippen LogP contribution in [0.2, 0.25) is 15.1 Å². The number of carbonyl (C=O) groups excluding carboxylic acids is 2. The summed E-state index contributed by atoms with van der Waals surface area (Å²) in [6, 6.07) is 18.2. The minimum atomic E-state index is -4.22. The fourth-order valence-electron chi connectivity index (χ4n) is 4.06. The van der Waals surface area contributed by atoms with E-state index in [-0.39, 0.29) is 39.0 Å². The number of hydrogen-bond acceptors (Lipinski definition) is 4. The van der Waals surface area contributed by atoms with Crippen molar-refractivity contribution in [3.05, 3.63) is 93.4 Å². The summed E-state index contributed by atoms with van der Waals surface area (Å²) in [5.41, 5.74) is 0.856. The van der Waals surface area contributed by atoms with Gasteiger partial charge in [-0.05, 0) is 60.4 Å². The molecule has 0 radical (unpaired) electrons. The summed E-state index contributed by atoms with van der Waals surface area (Å²) < 4.78 is 28.6. The Morgan fingerprint density at radius 1 is 0.875 bits per heavy atom. The molecule has 11 heteroatoms. The Morgan fingerprint density at radius 2 is 1.48 bits per heavy atom. The molecule has 7 nitrogen and oxygen atoms in total. The summed E-state index contributed by atoms with van der Waals surface area (Å²) in [5, 5.41) is 3.85. The second-order valence-electron chi connectivity index (χ2n) is 9.66. The zero-order valence-corrected chi connectivity index (χ0v) is 25.6. The average Bonchev–Trinajstić information content (AvgIpc) is 2.91. The van der Waals surface area contributed by atoms with Crippen LogP contribution in [0.1, 0.15) is 32.8 Å². The largest absolute Gasteiger partial charge is 0.354 e. The third kappa shape index (κ3) is 8.36. The SMILES string of the molecule is CC[C@@H](C(=O)NCC(C)C)N(Cc1ccc(Cl)cc1)C(=O)CN(c1cc(Cl)cc(Cl)c1)S(=O)(=O)c1ccccc1. The Bertz CT molecular complexity index is 1400. The van der Waals surface area contributed by atoms with Crippen LogP contribution >= 0.6 is 34.8 Å². The van der Waals surface area contributed by atoms with E-state index in [1.165, 1.54) is 35.2 Å². The third-order valence-corrected chi connectivity index (χ3v) is 8.56. The maximum absolute atomic E-state index is 14.0. The molecule has 0 saturated carbocycles. The van der Waals surface area contributed by atoms with Crippen LogP contribution in [-0.4, -0.2) is 44.3 Å². The van der Waals surface area contributed by atoms with Gasteiger partial charge in [-0.2, -0.15) is 0 Å². The monoisotopic (exact) mass is 623 g/mol. The number of nitrogens with zero attached hydrogens (tertiary/aromatic N) is 2. The highest BCUT2D eigenvalue weighted by atomic mass is 35.5. The predicted molar refractivity (Wildman–Crippen MR) is 161 cm³/mol. The molecule has 0 spiro atoms. The van der Waals surface area contributed by atoms with Crippen molar-refractivity contribution < 1.29 is 18.0 Å². The molecule has 3 rings (SSSR count). The topological polar surface area (TPSA) is 86.8 Å². The van der Waals surface area contributed by atoms with Crippen molar-refractivity contribution in [1.29, 1.82) is 0 Å². The fourth-order valence-corrected chi connectivity index (χ4v) is 6.12. The molecule has 2 amide bonds. The Morgan fingerprint density at radius 3 is 2.02 bits per heavy atom. The summed E-state index contributed by atoms with van der Waals surface area (Å²) in [5.74, 6) is -0.681. The highest BCUT2D eigenvalue weighted by Crippen LogP contribution is 2.30. The predicted octanol–water partition coefficient (Wildman–Crippen LogP) is 6.42. The molecule has 40 heavy (non-hydrogen) atoms. The highest BCUT2D eigenvalue weighted by molar-refractivity contribution is 7.92. The van der Waals surface area contributed by atoms with Gasteiger partial charge in [0, 0.05) is 28.2 Å². The van der Waals surface area contributed by atoms with Gasteiger partial charge in [-0.3, -0.25) is 13.9 Å². The van der Waals surface area contributed by atoms with Gasteiger partial charge in [-0.25, -0.2) is 8.42 Å². The number of sulfonamides is 1. The number of hydrogen-bond donors (Lipinski definition) is 1. The van der Waals surface area contributed by atoms with Crippen LogP contribution in [0.3, 0.4) is 0 Å². The quantitative estimate of drug-likeness (QED) is 0.252. The van der Waals surface area contributed by atoms with Crippen LogP contribution in [-0.2, 0) is 26.2 Å². The van der Waals surface area contributed by atoms with Gasteiger partial charge >= 0.3 is 0 Å². The Hall–Kier alpha value is -2.78. The van der Waals surface area contributed by atoms with Gasteiger partial charge in [-0.15, -0.1) is 0 Å². The van der Waals surface area contributed by atoms with Crippen LogP contribution in [0.4, 0.5) is 5.69 Å². The van der Waals surface area contributed by atoms with E-state index >= 15 is 0 Å². The second-order valence-corrected chi connectivity index (χ2v) is 12.8. The van der Waals surface area contributed by atoms with Gasteiger partial charge in [0.1, 0.15) is 12.6 Å². The first-order valence-corrected chi connectivity index (χ1v) is 15.3. The van der Waals surface area contributed by atoms with Crippen molar-refractivity contribution in [3.8, 4) is 0 Å². The minimum Gasteiger partial charge on any atom is -0.354 e. The van der Waals surface area contributed by atoms with E-state index in [1.807, 2.05) is 13.8 Å². The third-order valence-electron chi connectivity index (χ3n) is 6.08. The molecule has 0 aromatic heterocycles. The Labute approximate surface area is 251 Å². The van der Waals surface area contributed by atoms with E-state index in [4.69, 9.17) is 34.8 Å². The van der Waals surface area contributed by atoms with Gasteiger partial charge in [0.15, 0.2) is 0 Å². The first-order chi connectivity index (χ1) is 18.9. The van der Waals surface area contributed by atoms with Crippen LogP contribution in [0.25, 0.3) is 0 Å². The summed E-state index contributed by atoms with van der Waals surface area (Å²) in [6.45, 7) is 5.67. The Balaban J connectivity index is 2.06. The first kappa shape index (κ1) is 31.7. The lowest BCUT2D eigenvalue weighted by atomic mass is 10.1. The number of benzene rings is 3. The van der Waals surface area contributed by atoms with E-state index in [0.717, 1.165) is 9.87 Å². The van der Waals surface area contributed by atoms with Crippen molar-refractivity contribution in [2.24, 2.45) is 5.92 Å². The Kier molecular flexibility index (Phi) is 11.3. The molecule has 0 fully saturated rings. The molecule has 0 aliphatic carbocycles. The fraction of sp³-hybridized carbons (Fsp3) is 0.310. The molecule has 3 aromatic rings. The molecule has 0 heterocycles. The number of anilines is 1. The minimum absolute atomic E-state index is 0.00938. The summed E-state index contributed by atoms with van der Waals surface area (Å²) in [4.78, 5) is 28.7. The maximum Gasteiger partial charge on any atom is 0.264 e. The van der Waals surface area contributed by atoms with Gasteiger partial charge in [0.2, 0.25) is 11.8 Å². The molecule has 1 N–H and O–H groups in total. The molecule has 3 aromatic carbocycles. The number of rotatable bonds is 12. The molecule has 0 bridgehead atoms. The van der Waals surface area contributed by atoms with E-state index in [1.54, 1.807) is 49.4 Å². The van der Waals surface area contributed by atoms with E-state index in [9.17, 15) is 18.0 Å². The standard InChI is InChI=1S/C29H32Cl3N3O4S/c1-4-27(29(37)33-17-20(2)3)34(18-21-10-12-22(30)13-11-21)28(36)19-35(25-15-23(31)14-24(32)16-25)40(38,39)26-8-6-5-7-9-26/h5-16,20,27H,4,17-19H2,1-3H3,(H,33,37)/t27-/m0/s1. The molecule has 0 unspecified atom stereocenters. The number of halogens is 3. The lowest BCUT2D eigenvalue weighted by Gasteiger charge is -2.33. The second kappa shape index (κ2) is 14.2. The van der Waals surface area contributed by atoms with Gasteiger partial charge < -0.3 is 10.2 Å². The van der Waals surface area contributed by atoms with Crippen molar-refractivity contribution in [2.45, 2.75) is 44.7 Å². The lowest BCUT2D eigenvalue weighted by molar-refractivity contribution is -0.140. The number of carbonyl (C=O) groups is 2. The van der Waals surface area contributed by atoms with Gasteiger partial charge in [0.25, 0.3) is 10.0 Å². The first-order valence-electron chi connectivity index (χ1n) is 12.8. The van der Waals surface area contributed by atoms with E-state index in [2.05, 4.69) is 5.32 Å². The zero-order chi connectivity index (χ0) is 29.4. The van der Waals surface area contributed by atoms with Crippen LogP contribution in [0, 0.1) is 5.92 Å². The molecule has 0 saturated heterocycles. The normalized spacial score (nSPS) is 12.2. The van der Waals surface area contributed by atoms with Gasteiger partial charge in [-0.1, -0.05) is 85.9 Å². The van der Waals surface area contributed by atoms with Crippen LogP contribution < -0.4 is 9.62 Å². The van der Waals surface area contributed by atoms with E-state index < -0.39 is 28.5 Å². The van der Waals surface area contributed by atoms with Crippen molar-refractivity contribution >= 4 is 62.3 Å². The maximum atomic E-state index is 14.0. The molecule has 1 atom stereocenters. The molecule has 0 aliphatic rings. The lowest BCUT2D eigenvalue weighted by Crippen LogP contribution is -2.52. The average molecular weight is 625 g/mol. The van der Waals surface area contributed by atoms with Crippen LogP contribution in [0.15, 0.2) is 77.7 Å². The molecular weight excluding hydrogens is 593 g/mol. The molecule has 214 valence electrons. The number of amides is 2. The van der Waals surface area contributed by atoms with Gasteiger partial charge in [0.05, 0.1) is 10.6 Å².